The lowest BCUT2D eigenvalue weighted by Crippen LogP contribution is -2.71. The van der Waals surface area contributed by atoms with Crippen molar-refractivity contribution in [1.29, 1.82) is 0 Å². The summed E-state index contributed by atoms with van der Waals surface area (Å²) in [5.41, 5.74) is 4.76. The summed E-state index contributed by atoms with van der Waals surface area (Å²) in [7, 11) is 4.24. The smallest absolute Gasteiger partial charge is 0.148 e. The third kappa shape index (κ3) is 1.95. The van der Waals surface area contributed by atoms with Crippen molar-refractivity contribution in [1.82, 2.24) is 19.8 Å². The van der Waals surface area contributed by atoms with E-state index in [0.717, 1.165) is 24.5 Å². The highest BCUT2D eigenvalue weighted by atomic mass is 32.1. The summed E-state index contributed by atoms with van der Waals surface area (Å²) in [6.45, 7) is 5.83. The van der Waals surface area contributed by atoms with Crippen LogP contribution in [0.15, 0.2) is 21.8 Å². The molecule has 0 radical (unpaired) electrons. The van der Waals surface area contributed by atoms with Gasteiger partial charge in [0, 0.05) is 23.8 Å². The number of piperidine rings is 2. The van der Waals surface area contributed by atoms with Gasteiger partial charge in [-0.05, 0) is 27.9 Å². The SMILES string of the molecule is CN1CC2C(=O)C(C)(C1)C(C)(c1cscn1)N(C)C2c1cscn1. The van der Waals surface area contributed by atoms with Crippen LogP contribution in [0.25, 0.3) is 0 Å². The minimum absolute atomic E-state index is 0.00808. The number of Topliss-reactive ketones (excluding diaryl/α,β-unsaturated/α-hetero) is 1. The van der Waals surface area contributed by atoms with E-state index in [0.29, 0.717) is 5.78 Å². The van der Waals surface area contributed by atoms with Crippen LogP contribution in [0.4, 0.5) is 0 Å². The van der Waals surface area contributed by atoms with E-state index >= 15 is 0 Å². The second kappa shape index (κ2) is 5.42. The summed E-state index contributed by atoms with van der Waals surface area (Å²) in [5.74, 6) is 0.305. The quantitative estimate of drug-likeness (QED) is 0.822. The standard InChI is InChI=1S/C17H22N4OS2/c1-16-8-20(3)5-11(15(16)22)14(12-6-23-9-18-12)21(4)17(16,2)13-7-24-10-19-13/h6-7,9-11,14H,5,8H2,1-4H3. The number of thiazole rings is 2. The third-order valence-corrected chi connectivity index (χ3v) is 7.43. The topological polar surface area (TPSA) is 49.3 Å². The van der Waals surface area contributed by atoms with Crippen LogP contribution in [0.3, 0.4) is 0 Å². The molecule has 0 aliphatic carbocycles. The van der Waals surface area contributed by atoms with Gasteiger partial charge in [-0.2, -0.15) is 0 Å². The molecular formula is C17H22N4OS2. The molecule has 2 saturated heterocycles. The van der Waals surface area contributed by atoms with Crippen LogP contribution in [0, 0.1) is 11.3 Å². The highest BCUT2D eigenvalue weighted by Gasteiger charge is 2.65. The molecule has 128 valence electrons. The fourth-order valence-corrected chi connectivity index (χ4v) is 6.01. The van der Waals surface area contributed by atoms with Crippen LogP contribution in [-0.2, 0) is 10.3 Å². The molecule has 4 rings (SSSR count). The summed E-state index contributed by atoms with van der Waals surface area (Å²) in [4.78, 5) is 27.4. The van der Waals surface area contributed by atoms with E-state index in [-0.39, 0.29) is 12.0 Å². The van der Waals surface area contributed by atoms with E-state index in [2.05, 4.69) is 58.5 Å². The highest BCUT2D eigenvalue weighted by molar-refractivity contribution is 7.07. The molecule has 2 aromatic heterocycles. The molecule has 2 bridgehead atoms. The molecule has 2 aliphatic rings. The Morgan fingerprint density at radius 3 is 2.50 bits per heavy atom. The molecule has 2 aromatic rings. The van der Waals surface area contributed by atoms with Crippen LogP contribution in [0.2, 0.25) is 0 Å². The average Bonchev–Trinajstić information content (AvgIpc) is 3.23. The first kappa shape index (κ1) is 16.3. The van der Waals surface area contributed by atoms with Crippen molar-refractivity contribution in [3.63, 3.8) is 0 Å². The molecule has 24 heavy (non-hydrogen) atoms. The number of carbonyl (C=O) groups is 1. The molecule has 4 unspecified atom stereocenters. The van der Waals surface area contributed by atoms with Crippen LogP contribution in [0.1, 0.15) is 31.3 Å². The van der Waals surface area contributed by atoms with E-state index in [1.165, 1.54) is 0 Å². The number of hydrogen-bond donors (Lipinski definition) is 0. The minimum Gasteiger partial charge on any atom is -0.305 e. The normalized spacial score (nSPS) is 37.8. The number of rotatable bonds is 2. The Balaban J connectivity index is 1.93. The summed E-state index contributed by atoms with van der Waals surface area (Å²) in [6, 6.07) is -0.00808. The maximum absolute atomic E-state index is 13.5. The lowest BCUT2D eigenvalue weighted by molar-refractivity contribution is -0.176. The van der Waals surface area contributed by atoms with Crippen LogP contribution in [-0.4, -0.2) is 52.7 Å². The molecule has 4 atom stereocenters. The molecule has 5 nitrogen and oxygen atoms in total. The first-order chi connectivity index (χ1) is 11.4. The molecule has 2 aliphatic heterocycles. The van der Waals surface area contributed by atoms with Gasteiger partial charge in [-0.15, -0.1) is 22.7 Å². The average molecular weight is 363 g/mol. The summed E-state index contributed by atoms with van der Waals surface area (Å²) < 4.78 is 0. The third-order valence-electron chi connectivity index (χ3n) is 6.24. The Bertz CT molecular complexity index is 747. The Kier molecular flexibility index (Phi) is 3.69. The van der Waals surface area contributed by atoms with Crippen molar-refractivity contribution in [3.8, 4) is 0 Å². The lowest BCUT2D eigenvalue weighted by atomic mass is 9.57. The first-order valence-electron chi connectivity index (χ1n) is 8.12. The maximum atomic E-state index is 13.5. The van der Waals surface area contributed by atoms with E-state index in [9.17, 15) is 4.79 Å². The fourth-order valence-electron chi connectivity index (χ4n) is 4.77. The minimum atomic E-state index is -0.486. The number of hydrogen-bond acceptors (Lipinski definition) is 7. The molecule has 7 heteroatoms. The van der Waals surface area contributed by atoms with Crippen LogP contribution in [0.5, 0.6) is 0 Å². The molecule has 2 fully saturated rings. The number of carbonyl (C=O) groups excluding carboxylic acids is 1. The second-order valence-corrected chi connectivity index (χ2v) is 8.85. The zero-order valence-electron chi connectivity index (χ0n) is 14.4. The Labute approximate surface area is 150 Å². The Morgan fingerprint density at radius 1 is 1.17 bits per heavy atom. The van der Waals surface area contributed by atoms with Crippen LogP contribution >= 0.6 is 22.7 Å². The van der Waals surface area contributed by atoms with Gasteiger partial charge in [0.15, 0.2) is 0 Å². The number of likely N-dealkylation sites (tertiary alicyclic amines) is 2. The predicted octanol–water partition coefficient (Wildman–Crippen LogP) is 2.64. The van der Waals surface area contributed by atoms with Gasteiger partial charge in [0.1, 0.15) is 5.78 Å². The number of fused-ring (bicyclic) bond motifs is 2. The largest absolute Gasteiger partial charge is 0.305 e. The van der Waals surface area contributed by atoms with E-state index in [1.54, 1.807) is 22.7 Å². The van der Waals surface area contributed by atoms with Crippen molar-refractivity contribution >= 4 is 28.5 Å². The highest BCUT2D eigenvalue weighted by Crippen LogP contribution is 2.57. The molecule has 4 heterocycles. The monoisotopic (exact) mass is 362 g/mol. The van der Waals surface area contributed by atoms with E-state index in [4.69, 9.17) is 0 Å². The lowest BCUT2D eigenvalue weighted by Gasteiger charge is -2.62. The van der Waals surface area contributed by atoms with Gasteiger partial charge < -0.3 is 4.90 Å². The molecule has 0 saturated carbocycles. The van der Waals surface area contributed by atoms with E-state index < -0.39 is 11.0 Å². The fraction of sp³-hybridized carbons (Fsp3) is 0.588. The zero-order valence-corrected chi connectivity index (χ0v) is 16.0. The Morgan fingerprint density at radius 2 is 1.88 bits per heavy atom. The van der Waals surface area contributed by atoms with Crippen molar-refractivity contribution in [2.24, 2.45) is 11.3 Å². The van der Waals surface area contributed by atoms with Crippen molar-refractivity contribution in [2.75, 3.05) is 27.2 Å². The van der Waals surface area contributed by atoms with Crippen LogP contribution < -0.4 is 0 Å². The zero-order chi connectivity index (χ0) is 17.1. The van der Waals surface area contributed by atoms with Gasteiger partial charge in [0.25, 0.3) is 0 Å². The predicted molar refractivity (Wildman–Crippen MR) is 96.2 cm³/mol. The van der Waals surface area contributed by atoms with Crippen molar-refractivity contribution in [3.05, 3.63) is 33.2 Å². The number of ketones is 1. The molecule has 0 aromatic carbocycles. The van der Waals surface area contributed by atoms with Gasteiger partial charge >= 0.3 is 0 Å². The molecule has 0 N–H and O–H groups in total. The number of nitrogens with zero attached hydrogens (tertiary/aromatic N) is 4. The Hall–Kier alpha value is -1.15. The summed E-state index contributed by atoms with van der Waals surface area (Å²) >= 11 is 3.18. The van der Waals surface area contributed by atoms with E-state index in [1.807, 2.05) is 11.0 Å². The van der Waals surface area contributed by atoms with Gasteiger partial charge in [-0.3, -0.25) is 9.69 Å². The summed E-state index contributed by atoms with van der Waals surface area (Å²) in [6.07, 6.45) is 0. The molecule has 0 spiro atoms. The second-order valence-electron chi connectivity index (χ2n) is 7.41. The van der Waals surface area contributed by atoms with Crippen molar-refractivity contribution < 1.29 is 4.79 Å². The molecular weight excluding hydrogens is 340 g/mol. The van der Waals surface area contributed by atoms with Gasteiger partial charge in [0.2, 0.25) is 0 Å². The first-order valence-corrected chi connectivity index (χ1v) is 10.0. The van der Waals surface area contributed by atoms with Crippen molar-refractivity contribution in [2.45, 2.75) is 25.4 Å². The molecule has 0 amide bonds. The van der Waals surface area contributed by atoms with Gasteiger partial charge in [-0.25, -0.2) is 9.97 Å². The van der Waals surface area contributed by atoms with Gasteiger partial charge in [-0.1, -0.05) is 0 Å². The van der Waals surface area contributed by atoms with Gasteiger partial charge in [0.05, 0.1) is 45.3 Å². The number of aromatic nitrogens is 2. The maximum Gasteiger partial charge on any atom is 0.148 e. The summed E-state index contributed by atoms with van der Waals surface area (Å²) in [5, 5.41) is 4.16.